The van der Waals surface area contributed by atoms with E-state index in [1.165, 1.54) is 7.11 Å². The summed E-state index contributed by atoms with van der Waals surface area (Å²) < 4.78 is 23.7. The summed E-state index contributed by atoms with van der Waals surface area (Å²) in [4.78, 5) is 2.29. The molecule has 1 aliphatic heterocycles. The summed E-state index contributed by atoms with van der Waals surface area (Å²) in [6, 6.07) is -0.240. The van der Waals surface area contributed by atoms with Gasteiger partial charge in [-0.15, -0.1) is 0 Å². The fourth-order valence-corrected chi connectivity index (χ4v) is 11.0. The van der Waals surface area contributed by atoms with E-state index in [4.69, 9.17) is 18.9 Å². The maximum Gasteiger partial charge on any atom is 0.120 e. The van der Waals surface area contributed by atoms with Crippen LogP contribution in [0.4, 0.5) is 0 Å². The lowest BCUT2D eigenvalue weighted by Crippen LogP contribution is -2.81. The van der Waals surface area contributed by atoms with Crippen molar-refractivity contribution in [2.45, 2.75) is 73.6 Å². The van der Waals surface area contributed by atoms with Gasteiger partial charge in [-0.25, -0.2) is 0 Å². The second-order valence-electron chi connectivity index (χ2n) is 12.1. The molecule has 6 fully saturated rings. The first kappa shape index (κ1) is 24.9. The minimum Gasteiger partial charge on any atom is -0.392 e. The van der Waals surface area contributed by atoms with Crippen LogP contribution in [0.15, 0.2) is 0 Å². The normalized spacial score (nSPS) is 62.4. The maximum atomic E-state index is 12.6. The highest BCUT2D eigenvalue weighted by Gasteiger charge is 2.90. The van der Waals surface area contributed by atoms with E-state index in [1.54, 1.807) is 21.3 Å². The summed E-state index contributed by atoms with van der Waals surface area (Å²) in [5.74, 6) is -2.04. The molecule has 15 atom stereocenters. The molecule has 200 valence electrons. The van der Waals surface area contributed by atoms with E-state index >= 15 is 0 Å². The van der Waals surface area contributed by atoms with Gasteiger partial charge < -0.3 is 44.5 Å². The minimum absolute atomic E-state index is 0.156. The molecule has 4 unspecified atom stereocenters. The molecule has 7 bridgehead atoms. The Kier molecular flexibility index (Phi) is 5.40. The molecule has 6 aliphatic rings. The van der Waals surface area contributed by atoms with Gasteiger partial charge in [0.2, 0.25) is 0 Å². The van der Waals surface area contributed by atoms with Gasteiger partial charge in [-0.05, 0) is 18.9 Å². The Morgan fingerprint density at radius 2 is 1.66 bits per heavy atom. The molecule has 10 nitrogen and oxygen atoms in total. The van der Waals surface area contributed by atoms with Gasteiger partial charge in [0.15, 0.2) is 0 Å². The van der Waals surface area contributed by atoms with Crippen molar-refractivity contribution in [3.05, 3.63) is 0 Å². The van der Waals surface area contributed by atoms with Crippen LogP contribution in [-0.4, -0.2) is 132 Å². The van der Waals surface area contributed by atoms with Crippen LogP contribution in [0, 0.1) is 34.5 Å². The molecule has 0 radical (unpaired) electrons. The molecular formula is C25H41NO9. The van der Waals surface area contributed by atoms with Crippen LogP contribution in [0.3, 0.4) is 0 Å². The standard InChI is InChI=1S/C25H41NO9/c1-6-26-9-22(10-32-2)12(27)7-13(33-3)24-11-8-23(30)19(28)14(11)25(31,20(29)21(23)35-5)15(18(24)26)16(34-4)17(22)24/h11-21,27-31H,6-10H2,1-5H3/t11-,12-,13+,14-,15?,16+,17?,18?,19-,20+,21+,22-,23-,24?,25-/m1/s1. The van der Waals surface area contributed by atoms with Crippen molar-refractivity contribution in [1.82, 2.24) is 4.90 Å². The van der Waals surface area contributed by atoms with Crippen LogP contribution in [0.1, 0.15) is 19.8 Å². The summed E-state index contributed by atoms with van der Waals surface area (Å²) in [5, 5.41) is 59.3. The van der Waals surface area contributed by atoms with Gasteiger partial charge >= 0.3 is 0 Å². The first-order chi connectivity index (χ1) is 16.6. The van der Waals surface area contributed by atoms with Crippen molar-refractivity contribution in [2.24, 2.45) is 34.5 Å². The molecule has 5 aliphatic carbocycles. The quantitative estimate of drug-likeness (QED) is 0.285. The van der Waals surface area contributed by atoms with Crippen molar-refractivity contribution in [1.29, 1.82) is 0 Å². The molecule has 1 saturated heterocycles. The van der Waals surface area contributed by atoms with Gasteiger partial charge in [-0.1, -0.05) is 6.92 Å². The van der Waals surface area contributed by atoms with Crippen molar-refractivity contribution in [3.63, 3.8) is 0 Å². The number of ether oxygens (including phenoxy) is 4. The summed E-state index contributed by atoms with van der Waals surface area (Å²) in [7, 11) is 6.29. The topological polar surface area (TPSA) is 141 Å². The fourth-order valence-electron chi connectivity index (χ4n) is 11.0. The highest BCUT2D eigenvalue weighted by Crippen LogP contribution is 2.79. The van der Waals surface area contributed by atoms with Crippen LogP contribution in [-0.2, 0) is 18.9 Å². The minimum atomic E-state index is -1.76. The largest absolute Gasteiger partial charge is 0.392 e. The molecule has 1 heterocycles. The van der Waals surface area contributed by atoms with Crippen LogP contribution >= 0.6 is 0 Å². The van der Waals surface area contributed by atoms with Gasteiger partial charge in [-0.2, -0.15) is 0 Å². The smallest absolute Gasteiger partial charge is 0.120 e. The van der Waals surface area contributed by atoms with Crippen molar-refractivity contribution in [3.8, 4) is 0 Å². The third kappa shape index (κ3) is 2.35. The molecule has 10 heteroatoms. The third-order valence-electron chi connectivity index (χ3n) is 11.7. The van der Waals surface area contributed by atoms with Crippen LogP contribution < -0.4 is 0 Å². The first-order valence-electron chi connectivity index (χ1n) is 12.9. The Morgan fingerprint density at radius 1 is 0.943 bits per heavy atom. The van der Waals surface area contributed by atoms with Crippen LogP contribution in [0.25, 0.3) is 0 Å². The lowest BCUT2D eigenvalue weighted by Gasteiger charge is -2.70. The van der Waals surface area contributed by atoms with E-state index in [2.05, 4.69) is 11.8 Å². The number of likely N-dealkylation sites (tertiary alicyclic amines) is 1. The Hall–Kier alpha value is -0.400. The molecule has 0 aromatic rings. The van der Waals surface area contributed by atoms with E-state index in [0.717, 1.165) is 0 Å². The van der Waals surface area contributed by atoms with E-state index in [0.29, 0.717) is 26.1 Å². The highest BCUT2D eigenvalue weighted by atomic mass is 16.5. The van der Waals surface area contributed by atoms with Gasteiger partial charge in [0.25, 0.3) is 0 Å². The monoisotopic (exact) mass is 499 g/mol. The van der Waals surface area contributed by atoms with Crippen molar-refractivity contribution < 1.29 is 44.5 Å². The molecule has 5 saturated carbocycles. The van der Waals surface area contributed by atoms with Crippen molar-refractivity contribution >= 4 is 0 Å². The molecule has 0 aromatic heterocycles. The molecular weight excluding hydrogens is 458 g/mol. The summed E-state index contributed by atoms with van der Waals surface area (Å²) in [6.07, 6.45) is -4.95. The van der Waals surface area contributed by atoms with E-state index < -0.39 is 76.4 Å². The Balaban J connectivity index is 1.68. The number of hydrogen-bond donors (Lipinski definition) is 5. The molecule has 5 N–H and O–H groups in total. The van der Waals surface area contributed by atoms with E-state index in [1.807, 2.05) is 0 Å². The van der Waals surface area contributed by atoms with Gasteiger partial charge in [-0.3, -0.25) is 4.90 Å². The second-order valence-corrected chi connectivity index (χ2v) is 12.1. The van der Waals surface area contributed by atoms with Gasteiger partial charge in [0, 0.05) is 76.0 Å². The number of methoxy groups -OCH3 is 4. The lowest BCUT2D eigenvalue weighted by molar-refractivity contribution is -0.320. The zero-order valence-corrected chi connectivity index (χ0v) is 21.2. The lowest BCUT2D eigenvalue weighted by atomic mass is 9.42. The molecule has 1 spiro atoms. The van der Waals surface area contributed by atoms with Gasteiger partial charge in [0.05, 0.1) is 31.0 Å². The summed E-state index contributed by atoms with van der Waals surface area (Å²) in [6.45, 7) is 3.58. The second kappa shape index (κ2) is 7.59. The van der Waals surface area contributed by atoms with Crippen LogP contribution in [0.2, 0.25) is 0 Å². The average Bonchev–Trinajstić information content (AvgIpc) is 3.19. The summed E-state index contributed by atoms with van der Waals surface area (Å²) in [5.41, 5.74) is -4.81. The highest BCUT2D eigenvalue weighted by molar-refractivity contribution is 5.39. The SMILES string of the molecule is CCN1C[C@]2(COC)C3[C@@H](OC)C4C1C3([C@@H](OC)C[C@H]2O)[C@@H]1C[C@@]2(O)[C@H](O)[C@@H]1[C@]4(O)[C@@H](O)[C@@H]2OC. The first-order valence-corrected chi connectivity index (χ1v) is 12.9. The third-order valence-corrected chi connectivity index (χ3v) is 11.7. The van der Waals surface area contributed by atoms with E-state index in [-0.39, 0.29) is 18.4 Å². The predicted octanol–water partition coefficient (Wildman–Crippen LogP) is -1.79. The Labute approximate surface area is 206 Å². The number of aliphatic hydroxyl groups is 5. The zero-order valence-electron chi connectivity index (χ0n) is 21.2. The number of nitrogens with zero attached hydrogens (tertiary/aromatic N) is 1. The molecule has 35 heavy (non-hydrogen) atoms. The maximum absolute atomic E-state index is 12.6. The number of hydrogen-bond acceptors (Lipinski definition) is 10. The van der Waals surface area contributed by atoms with Gasteiger partial charge in [0.1, 0.15) is 23.4 Å². The number of fused-ring (bicyclic) bond motifs is 2. The molecule has 0 aromatic carbocycles. The summed E-state index contributed by atoms with van der Waals surface area (Å²) >= 11 is 0. The molecule has 6 rings (SSSR count). The average molecular weight is 500 g/mol. The number of piperidine rings is 1. The molecule has 0 amide bonds. The Morgan fingerprint density at radius 3 is 2.23 bits per heavy atom. The van der Waals surface area contributed by atoms with Crippen LogP contribution in [0.5, 0.6) is 0 Å². The predicted molar refractivity (Wildman–Crippen MR) is 121 cm³/mol. The zero-order chi connectivity index (χ0) is 25.3. The Bertz CT molecular complexity index is 878. The number of rotatable bonds is 6. The van der Waals surface area contributed by atoms with E-state index in [9.17, 15) is 25.5 Å². The van der Waals surface area contributed by atoms with Crippen molar-refractivity contribution in [2.75, 3.05) is 48.1 Å². The fraction of sp³-hybridized carbons (Fsp3) is 1.00. The number of aliphatic hydroxyl groups excluding tert-OH is 3.